The molecule has 114 valence electrons. The molecule has 3 nitrogen and oxygen atoms in total. The van der Waals surface area contributed by atoms with E-state index in [0.29, 0.717) is 5.92 Å². The standard InChI is InChI=1S/C17H30N2O/c1-4-19(12-15-6-5-7-15)13-16-8-9-20-17(16)11-18-10-14(2)3/h8-9,14-15,18H,4-7,10-13H2,1-3H3. The fourth-order valence-corrected chi connectivity index (χ4v) is 2.72. The first kappa shape index (κ1) is 15.6. The van der Waals surface area contributed by atoms with Gasteiger partial charge in [-0.1, -0.05) is 27.2 Å². The minimum atomic E-state index is 0.680. The molecular weight excluding hydrogens is 248 g/mol. The molecule has 1 saturated carbocycles. The zero-order valence-corrected chi connectivity index (χ0v) is 13.3. The fraction of sp³-hybridized carbons (Fsp3) is 0.765. The summed E-state index contributed by atoms with van der Waals surface area (Å²) in [6.45, 7) is 12.0. The van der Waals surface area contributed by atoms with Crippen molar-refractivity contribution in [1.82, 2.24) is 10.2 Å². The maximum atomic E-state index is 5.65. The Labute approximate surface area is 123 Å². The summed E-state index contributed by atoms with van der Waals surface area (Å²) in [6, 6.07) is 2.13. The van der Waals surface area contributed by atoms with E-state index in [1.807, 2.05) is 6.26 Å². The van der Waals surface area contributed by atoms with Gasteiger partial charge in [0, 0.05) is 18.7 Å². The maximum absolute atomic E-state index is 5.65. The number of hydrogen-bond donors (Lipinski definition) is 1. The van der Waals surface area contributed by atoms with Crippen molar-refractivity contribution in [3.05, 3.63) is 23.7 Å². The van der Waals surface area contributed by atoms with Gasteiger partial charge in [0.1, 0.15) is 5.76 Å². The topological polar surface area (TPSA) is 28.4 Å². The van der Waals surface area contributed by atoms with E-state index in [9.17, 15) is 0 Å². The van der Waals surface area contributed by atoms with E-state index in [1.165, 1.54) is 31.4 Å². The summed E-state index contributed by atoms with van der Waals surface area (Å²) in [5.74, 6) is 2.72. The highest BCUT2D eigenvalue weighted by molar-refractivity contribution is 5.16. The maximum Gasteiger partial charge on any atom is 0.122 e. The molecule has 1 N–H and O–H groups in total. The van der Waals surface area contributed by atoms with Crippen molar-refractivity contribution < 1.29 is 4.42 Å². The molecule has 1 aliphatic rings. The van der Waals surface area contributed by atoms with Gasteiger partial charge >= 0.3 is 0 Å². The molecule has 3 heteroatoms. The Morgan fingerprint density at radius 2 is 2.20 bits per heavy atom. The molecule has 0 bridgehead atoms. The van der Waals surface area contributed by atoms with Crippen LogP contribution in [0, 0.1) is 11.8 Å². The molecule has 1 heterocycles. The van der Waals surface area contributed by atoms with Crippen molar-refractivity contribution in [3.8, 4) is 0 Å². The fourth-order valence-electron chi connectivity index (χ4n) is 2.72. The van der Waals surface area contributed by atoms with Crippen LogP contribution in [0.25, 0.3) is 0 Å². The lowest BCUT2D eigenvalue weighted by Gasteiger charge is -2.31. The highest BCUT2D eigenvalue weighted by Crippen LogP contribution is 2.27. The van der Waals surface area contributed by atoms with Crippen LogP contribution in [-0.4, -0.2) is 24.5 Å². The Balaban J connectivity index is 1.82. The predicted molar refractivity (Wildman–Crippen MR) is 83.5 cm³/mol. The molecule has 0 saturated heterocycles. The van der Waals surface area contributed by atoms with Crippen LogP contribution >= 0.6 is 0 Å². The van der Waals surface area contributed by atoms with Crippen molar-refractivity contribution in [1.29, 1.82) is 0 Å². The van der Waals surface area contributed by atoms with Gasteiger partial charge in [-0.3, -0.25) is 4.90 Å². The molecule has 0 aromatic carbocycles. The molecule has 0 spiro atoms. The van der Waals surface area contributed by atoms with E-state index in [0.717, 1.165) is 37.9 Å². The monoisotopic (exact) mass is 278 g/mol. The number of nitrogens with zero attached hydrogens (tertiary/aromatic N) is 1. The first-order valence-electron chi connectivity index (χ1n) is 8.17. The van der Waals surface area contributed by atoms with Crippen molar-refractivity contribution in [2.75, 3.05) is 19.6 Å². The van der Waals surface area contributed by atoms with Crippen LogP contribution in [0.15, 0.2) is 16.7 Å². The van der Waals surface area contributed by atoms with Crippen molar-refractivity contribution >= 4 is 0 Å². The molecule has 0 unspecified atom stereocenters. The molecule has 0 atom stereocenters. The molecule has 1 aromatic rings. The van der Waals surface area contributed by atoms with Crippen molar-refractivity contribution in [2.45, 2.75) is 53.1 Å². The van der Waals surface area contributed by atoms with E-state index >= 15 is 0 Å². The van der Waals surface area contributed by atoms with Crippen LogP contribution in [0.3, 0.4) is 0 Å². The molecule has 2 rings (SSSR count). The van der Waals surface area contributed by atoms with Crippen molar-refractivity contribution in [3.63, 3.8) is 0 Å². The van der Waals surface area contributed by atoms with Crippen molar-refractivity contribution in [2.24, 2.45) is 11.8 Å². The van der Waals surface area contributed by atoms with Gasteiger partial charge in [0.2, 0.25) is 0 Å². The van der Waals surface area contributed by atoms with Crippen LogP contribution < -0.4 is 5.32 Å². The van der Waals surface area contributed by atoms with Gasteiger partial charge in [-0.25, -0.2) is 0 Å². The predicted octanol–water partition coefficient (Wildman–Crippen LogP) is 3.65. The Morgan fingerprint density at radius 1 is 1.40 bits per heavy atom. The quantitative estimate of drug-likeness (QED) is 0.747. The molecule has 0 aliphatic heterocycles. The van der Waals surface area contributed by atoms with Crippen LogP contribution in [0.4, 0.5) is 0 Å². The number of nitrogens with one attached hydrogen (secondary N) is 1. The smallest absolute Gasteiger partial charge is 0.122 e. The van der Waals surface area contributed by atoms with Crippen LogP contribution in [-0.2, 0) is 13.1 Å². The van der Waals surface area contributed by atoms with Gasteiger partial charge in [-0.2, -0.15) is 0 Å². The Bertz CT molecular complexity index is 382. The summed E-state index contributed by atoms with van der Waals surface area (Å²) in [5, 5.41) is 3.47. The van der Waals surface area contributed by atoms with Gasteiger partial charge in [-0.05, 0) is 43.8 Å². The van der Waals surface area contributed by atoms with E-state index in [1.54, 1.807) is 0 Å². The zero-order chi connectivity index (χ0) is 14.4. The Morgan fingerprint density at radius 3 is 2.80 bits per heavy atom. The lowest BCUT2D eigenvalue weighted by atomic mass is 9.85. The van der Waals surface area contributed by atoms with Crippen LogP contribution in [0.1, 0.15) is 51.4 Å². The van der Waals surface area contributed by atoms with Crippen LogP contribution in [0.2, 0.25) is 0 Å². The third-order valence-corrected chi connectivity index (χ3v) is 4.26. The minimum Gasteiger partial charge on any atom is -0.468 e. The average Bonchev–Trinajstić information content (AvgIpc) is 2.79. The lowest BCUT2D eigenvalue weighted by molar-refractivity contribution is 0.177. The normalized spacial score (nSPS) is 16.1. The minimum absolute atomic E-state index is 0.680. The molecule has 1 aliphatic carbocycles. The first-order chi connectivity index (χ1) is 9.69. The lowest BCUT2D eigenvalue weighted by Crippen LogP contribution is -2.32. The zero-order valence-electron chi connectivity index (χ0n) is 13.3. The molecule has 1 fully saturated rings. The van der Waals surface area contributed by atoms with Gasteiger partial charge in [-0.15, -0.1) is 0 Å². The largest absolute Gasteiger partial charge is 0.468 e. The van der Waals surface area contributed by atoms with Crippen LogP contribution in [0.5, 0.6) is 0 Å². The third-order valence-electron chi connectivity index (χ3n) is 4.26. The molecule has 20 heavy (non-hydrogen) atoms. The van der Waals surface area contributed by atoms with Gasteiger partial charge in [0.25, 0.3) is 0 Å². The summed E-state index contributed by atoms with van der Waals surface area (Å²) < 4.78 is 5.65. The Hall–Kier alpha value is -0.800. The first-order valence-corrected chi connectivity index (χ1v) is 8.17. The molecule has 0 radical (unpaired) electrons. The summed E-state index contributed by atoms with van der Waals surface area (Å²) in [6.07, 6.45) is 6.10. The summed E-state index contributed by atoms with van der Waals surface area (Å²) in [5.41, 5.74) is 1.35. The highest BCUT2D eigenvalue weighted by Gasteiger charge is 2.20. The average molecular weight is 278 g/mol. The van der Waals surface area contributed by atoms with Gasteiger partial charge in [0.05, 0.1) is 12.8 Å². The highest BCUT2D eigenvalue weighted by atomic mass is 16.3. The van der Waals surface area contributed by atoms with E-state index < -0.39 is 0 Å². The summed E-state index contributed by atoms with van der Waals surface area (Å²) in [4.78, 5) is 2.56. The summed E-state index contributed by atoms with van der Waals surface area (Å²) in [7, 11) is 0. The second-order valence-electron chi connectivity index (χ2n) is 6.52. The second-order valence-corrected chi connectivity index (χ2v) is 6.52. The Kier molecular flexibility index (Phi) is 6.11. The van der Waals surface area contributed by atoms with E-state index in [-0.39, 0.29) is 0 Å². The van der Waals surface area contributed by atoms with E-state index in [2.05, 4.69) is 37.1 Å². The van der Waals surface area contributed by atoms with Gasteiger partial charge < -0.3 is 9.73 Å². The molecule has 0 amide bonds. The van der Waals surface area contributed by atoms with E-state index in [4.69, 9.17) is 4.42 Å². The number of rotatable bonds is 9. The number of hydrogen-bond acceptors (Lipinski definition) is 3. The third kappa shape index (κ3) is 4.64. The second kappa shape index (κ2) is 7.84. The SMILES string of the molecule is CCN(Cc1ccoc1CNCC(C)C)CC1CCC1. The molecule has 1 aromatic heterocycles. The summed E-state index contributed by atoms with van der Waals surface area (Å²) >= 11 is 0. The molecular formula is C17H30N2O. The number of furan rings is 1. The van der Waals surface area contributed by atoms with Gasteiger partial charge in [0.15, 0.2) is 0 Å².